The van der Waals surface area contributed by atoms with Crippen molar-refractivity contribution in [2.75, 3.05) is 4.90 Å². The molecule has 71 heavy (non-hydrogen) atoms. The zero-order chi connectivity index (χ0) is 47.2. The Balaban J connectivity index is 1.06. The van der Waals surface area contributed by atoms with Crippen LogP contribution in [-0.4, -0.2) is 4.57 Å². The van der Waals surface area contributed by atoms with Gasteiger partial charge in [0.05, 0.1) is 16.7 Å². The standard InChI is InChI=1S/C68H46N2O/c1-43-34-44(2)36-51(35-43)70-65-42-61-57-28-15-13-26-55(57)54-25-12-14-27-56(54)60(61)41-62(65)58-31-32-59-63-40-50(30-33-66(63)71-68(59)67(58)70)69(64-29-17-16-24-53(64)47-22-10-5-11-23-47)52-38-48(45-18-6-3-7-19-45)37-49(39-52)46-20-8-4-9-21-46/h3-42H,1-2H3. The van der Waals surface area contributed by atoms with Crippen LogP contribution in [0.1, 0.15) is 11.1 Å². The van der Waals surface area contributed by atoms with Gasteiger partial charge in [0.1, 0.15) is 5.58 Å². The van der Waals surface area contributed by atoms with Crippen molar-refractivity contribution in [1.82, 2.24) is 4.57 Å². The average Bonchev–Trinajstić information content (AvgIpc) is 3.96. The Labute approximate surface area is 411 Å². The number of furan rings is 1. The number of para-hydroxylation sites is 1. The van der Waals surface area contributed by atoms with E-state index in [0.717, 1.165) is 94.5 Å². The van der Waals surface area contributed by atoms with Crippen molar-refractivity contribution < 1.29 is 4.42 Å². The van der Waals surface area contributed by atoms with Gasteiger partial charge in [-0.3, -0.25) is 0 Å². The number of aromatic nitrogens is 1. The number of anilines is 3. The highest BCUT2D eigenvalue weighted by atomic mass is 16.3. The molecule has 14 rings (SSSR count). The normalized spacial score (nSPS) is 11.8. The first-order valence-electron chi connectivity index (χ1n) is 24.5. The van der Waals surface area contributed by atoms with Crippen molar-refractivity contribution >= 4 is 93.1 Å². The molecule has 0 aliphatic carbocycles. The summed E-state index contributed by atoms with van der Waals surface area (Å²) < 4.78 is 9.67. The summed E-state index contributed by atoms with van der Waals surface area (Å²) in [6.45, 7) is 4.38. The molecule has 0 amide bonds. The maximum absolute atomic E-state index is 7.21. The largest absolute Gasteiger partial charge is 0.454 e. The van der Waals surface area contributed by atoms with E-state index in [2.05, 4.69) is 266 Å². The van der Waals surface area contributed by atoms with Gasteiger partial charge in [-0.05, 0) is 158 Å². The predicted molar refractivity (Wildman–Crippen MR) is 301 cm³/mol. The smallest absolute Gasteiger partial charge is 0.160 e. The van der Waals surface area contributed by atoms with Gasteiger partial charge in [-0.2, -0.15) is 0 Å². The highest BCUT2D eigenvalue weighted by molar-refractivity contribution is 6.30. The summed E-state index contributed by atoms with van der Waals surface area (Å²) in [6.07, 6.45) is 0. The van der Waals surface area contributed by atoms with Gasteiger partial charge in [-0.25, -0.2) is 0 Å². The second-order valence-corrected chi connectivity index (χ2v) is 19.0. The van der Waals surface area contributed by atoms with Crippen molar-refractivity contribution in [2.24, 2.45) is 0 Å². The fraction of sp³-hybridized carbons (Fsp3) is 0.0294. The van der Waals surface area contributed by atoms with Gasteiger partial charge in [0.15, 0.2) is 5.58 Å². The Morgan fingerprint density at radius 2 is 0.873 bits per heavy atom. The molecule has 0 fully saturated rings. The lowest BCUT2D eigenvalue weighted by atomic mass is 9.93. The third kappa shape index (κ3) is 6.65. The van der Waals surface area contributed by atoms with Gasteiger partial charge in [0, 0.05) is 44.2 Å². The third-order valence-corrected chi connectivity index (χ3v) is 14.6. The van der Waals surface area contributed by atoms with E-state index in [9.17, 15) is 0 Å². The van der Waals surface area contributed by atoms with E-state index >= 15 is 0 Å². The van der Waals surface area contributed by atoms with E-state index in [0.29, 0.717) is 0 Å². The van der Waals surface area contributed by atoms with Gasteiger partial charge in [-0.15, -0.1) is 0 Å². The van der Waals surface area contributed by atoms with Crippen LogP contribution in [0.15, 0.2) is 247 Å². The monoisotopic (exact) mass is 906 g/mol. The van der Waals surface area contributed by atoms with Crippen molar-refractivity contribution in [3.05, 3.63) is 254 Å². The molecule has 0 radical (unpaired) electrons. The van der Waals surface area contributed by atoms with Crippen LogP contribution in [0.4, 0.5) is 17.1 Å². The Bertz CT molecular complexity index is 4330. The molecule has 14 aromatic rings. The molecule has 0 N–H and O–H groups in total. The molecule has 334 valence electrons. The minimum atomic E-state index is 0.843. The van der Waals surface area contributed by atoms with Gasteiger partial charge in [0.25, 0.3) is 0 Å². The molecule has 3 heteroatoms. The number of aryl methyl sites for hydroxylation is 2. The van der Waals surface area contributed by atoms with Crippen LogP contribution >= 0.6 is 0 Å². The van der Waals surface area contributed by atoms with E-state index in [4.69, 9.17) is 4.42 Å². The Morgan fingerprint density at radius 1 is 0.338 bits per heavy atom. The highest BCUT2D eigenvalue weighted by Gasteiger charge is 2.24. The molecule has 3 nitrogen and oxygen atoms in total. The minimum absolute atomic E-state index is 0.843. The molecule has 0 saturated heterocycles. The van der Waals surface area contributed by atoms with Crippen molar-refractivity contribution in [1.29, 1.82) is 0 Å². The number of benzene rings is 12. The first-order valence-corrected chi connectivity index (χ1v) is 24.5. The number of nitrogens with zero attached hydrogens (tertiary/aromatic N) is 2. The molecule has 0 atom stereocenters. The van der Waals surface area contributed by atoms with Crippen LogP contribution in [0.2, 0.25) is 0 Å². The maximum Gasteiger partial charge on any atom is 0.160 e. The molecule has 12 aromatic carbocycles. The van der Waals surface area contributed by atoms with Gasteiger partial charge >= 0.3 is 0 Å². The van der Waals surface area contributed by atoms with Crippen molar-refractivity contribution in [3.63, 3.8) is 0 Å². The van der Waals surface area contributed by atoms with Crippen LogP contribution in [0, 0.1) is 13.8 Å². The predicted octanol–water partition coefficient (Wildman–Crippen LogP) is 19.2. The molecular formula is C68H46N2O. The summed E-state index contributed by atoms with van der Waals surface area (Å²) in [4.78, 5) is 2.44. The minimum Gasteiger partial charge on any atom is -0.454 e. The second-order valence-electron chi connectivity index (χ2n) is 19.0. The van der Waals surface area contributed by atoms with Crippen molar-refractivity contribution in [3.8, 4) is 39.1 Å². The lowest BCUT2D eigenvalue weighted by Gasteiger charge is -2.29. The van der Waals surface area contributed by atoms with Crippen LogP contribution < -0.4 is 4.90 Å². The Hall–Kier alpha value is -9.18. The summed E-state index contributed by atoms with van der Waals surface area (Å²) in [5.41, 5.74) is 17.6. The highest BCUT2D eigenvalue weighted by Crippen LogP contribution is 2.48. The molecule has 0 bridgehead atoms. The molecule has 0 spiro atoms. The van der Waals surface area contributed by atoms with E-state index in [1.54, 1.807) is 0 Å². The zero-order valence-corrected chi connectivity index (χ0v) is 39.4. The SMILES string of the molecule is Cc1cc(C)cc(-n2c3cc4c5ccccc5c5ccccc5c4cc3c3ccc4c5cc(N(c6cc(-c7ccccc7)cc(-c7ccccc7)c6)c6ccccc6-c6ccccc6)ccc5oc4c32)c1. The lowest BCUT2D eigenvalue weighted by molar-refractivity contribution is 0.671. The molecular weight excluding hydrogens is 861 g/mol. The van der Waals surface area contributed by atoms with E-state index in [1.165, 1.54) is 48.8 Å². The molecule has 2 aromatic heterocycles. The first-order chi connectivity index (χ1) is 35.0. The number of hydrogen-bond donors (Lipinski definition) is 0. The van der Waals surface area contributed by atoms with Gasteiger partial charge in [-0.1, -0.05) is 170 Å². The molecule has 2 heterocycles. The summed E-state index contributed by atoms with van der Waals surface area (Å²) in [5, 5.41) is 12.0. The van der Waals surface area contributed by atoms with E-state index in [1.807, 2.05) is 0 Å². The number of fused-ring (bicyclic) bond motifs is 13. The Morgan fingerprint density at radius 3 is 1.51 bits per heavy atom. The summed E-state index contributed by atoms with van der Waals surface area (Å²) in [5.74, 6) is 0. The van der Waals surface area contributed by atoms with E-state index in [-0.39, 0.29) is 0 Å². The van der Waals surface area contributed by atoms with Crippen LogP contribution in [0.5, 0.6) is 0 Å². The summed E-state index contributed by atoms with van der Waals surface area (Å²) >= 11 is 0. The van der Waals surface area contributed by atoms with Crippen LogP contribution in [0.25, 0.3) is 115 Å². The third-order valence-electron chi connectivity index (χ3n) is 14.6. The first kappa shape index (κ1) is 40.8. The van der Waals surface area contributed by atoms with Crippen LogP contribution in [-0.2, 0) is 0 Å². The average molecular weight is 907 g/mol. The zero-order valence-electron chi connectivity index (χ0n) is 39.4. The molecule has 0 unspecified atom stereocenters. The van der Waals surface area contributed by atoms with E-state index < -0.39 is 0 Å². The number of rotatable bonds is 7. The van der Waals surface area contributed by atoms with Crippen LogP contribution in [0.3, 0.4) is 0 Å². The summed E-state index contributed by atoms with van der Waals surface area (Å²) in [7, 11) is 0. The molecule has 0 aliphatic heterocycles. The number of hydrogen-bond acceptors (Lipinski definition) is 2. The maximum atomic E-state index is 7.21. The van der Waals surface area contributed by atoms with Gasteiger partial charge < -0.3 is 13.9 Å². The van der Waals surface area contributed by atoms with Gasteiger partial charge in [0.2, 0.25) is 0 Å². The lowest BCUT2D eigenvalue weighted by Crippen LogP contribution is -2.11. The quantitative estimate of drug-likeness (QED) is 0.149. The van der Waals surface area contributed by atoms with Crippen molar-refractivity contribution in [2.45, 2.75) is 13.8 Å². The fourth-order valence-electron chi connectivity index (χ4n) is 11.5. The second kappa shape index (κ2) is 16.2. The molecule has 0 saturated carbocycles. The topological polar surface area (TPSA) is 21.3 Å². The Kier molecular flexibility index (Phi) is 9.33. The summed E-state index contributed by atoms with van der Waals surface area (Å²) in [6, 6.07) is 88.7. The molecule has 0 aliphatic rings. The fourth-order valence-corrected chi connectivity index (χ4v) is 11.5.